The molecule has 2 aromatic rings. The largest absolute Gasteiger partial charge is 0.368 e. The van der Waals surface area contributed by atoms with Gasteiger partial charge in [-0.2, -0.15) is 15.0 Å². The second kappa shape index (κ2) is 6.66. The van der Waals surface area contributed by atoms with Crippen LogP contribution in [0, 0.1) is 11.6 Å². The van der Waals surface area contributed by atoms with Crippen LogP contribution in [0.5, 0.6) is 0 Å². The van der Waals surface area contributed by atoms with E-state index in [9.17, 15) is 8.78 Å². The summed E-state index contributed by atoms with van der Waals surface area (Å²) in [7, 11) is 0. The molecule has 0 aliphatic heterocycles. The topological polar surface area (TPSA) is 67.9 Å². The van der Waals surface area contributed by atoms with Crippen molar-refractivity contribution in [3.63, 3.8) is 0 Å². The Balaban J connectivity index is 2.34. The minimum absolute atomic E-state index is 0.0474. The number of anilines is 2. The maximum atomic E-state index is 13.6. The maximum Gasteiger partial charge on any atom is 0.231 e. The summed E-state index contributed by atoms with van der Waals surface area (Å²) >= 11 is 0.911. The highest BCUT2D eigenvalue weighted by Gasteiger charge is 2.13. The Bertz CT molecular complexity index is 634. The van der Waals surface area contributed by atoms with E-state index in [0.29, 0.717) is 19.0 Å². The normalized spacial score (nSPS) is 10.7. The third-order valence-corrected chi connectivity index (χ3v) is 3.66. The van der Waals surface area contributed by atoms with Gasteiger partial charge in [0.1, 0.15) is 11.6 Å². The summed E-state index contributed by atoms with van der Waals surface area (Å²) in [5.41, 5.74) is 5.66. The van der Waals surface area contributed by atoms with Gasteiger partial charge in [-0.25, -0.2) is 8.78 Å². The van der Waals surface area contributed by atoms with E-state index in [2.05, 4.69) is 15.0 Å². The zero-order chi connectivity index (χ0) is 15.4. The van der Waals surface area contributed by atoms with Crippen molar-refractivity contribution in [2.75, 3.05) is 23.7 Å². The van der Waals surface area contributed by atoms with Crippen LogP contribution in [0.4, 0.5) is 20.7 Å². The molecule has 0 spiro atoms. The summed E-state index contributed by atoms with van der Waals surface area (Å²) in [6.07, 6.45) is 0. The fourth-order valence-corrected chi connectivity index (χ4v) is 2.51. The number of nitrogens with two attached hydrogens (primary N) is 1. The van der Waals surface area contributed by atoms with Crippen LogP contribution in [0.3, 0.4) is 0 Å². The van der Waals surface area contributed by atoms with Crippen LogP contribution in [0.1, 0.15) is 13.8 Å². The van der Waals surface area contributed by atoms with Gasteiger partial charge < -0.3 is 10.6 Å². The first kappa shape index (κ1) is 15.4. The Labute approximate surface area is 125 Å². The predicted octanol–water partition coefficient (Wildman–Crippen LogP) is 2.73. The molecular weight excluding hydrogens is 296 g/mol. The van der Waals surface area contributed by atoms with Gasteiger partial charge in [-0.15, -0.1) is 0 Å². The molecule has 5 nitrogen and oxygen atoms in total. The third-order valence-electron chi connectivity index (χ3n) is 2.76. The van der Waals surface area contributed by atoms with E-state index in [0.717, 1.165) is 30.0 Å². The number of hydrogen-bond donors (Lipinski definition) is 1. The van der Waals surface area contributed by atoms with Crippen LogP contribution < -0.4 is 10.6 Å². The Kier molecular flexibility index (Phi) is 4.89. The smallest absolute Gasteiger partial charge is 0.231 e. The molecule has 0 bridgehead atoms. The molecule has 1 aromatic carbocycles. The average molecular weight is 311 g/mol. The van der Waals surface area contributed by atoms with Gasteiger partial charge in [0.05, 0.1) is 4.90 Å². The molecule has 2 N–H and O–H groups in total. The quantitative estimate of drug-likeness (QED) is 0.916. The van der Waals surface area contributed by atoms with Crippen molar-refractivity contribution in [3.05, 3.63) is 29.8 Å². The maximum absolute atomic E-state index is 13.6. The van der Waals surface area contributed by atoms with Gasteiger partial charge >= 0.3 is 0 Å². The van der Waals surface area contributed by atoms with E-state index in [-0.39, 0.29) is 16.0 Å². The third kappa shape index (κ3) is 3.78. The van der Waals surface area contributed by atoms with Crippen LogP contribution >= 0.6 is 11.8 Å². The second-order valence-electron chi connectivity index (χ2n) is 4.13. The van der Waals surface area contributed by atoms with E-state index in [1.807, 2.05) is 18.7 Å². The summed E-state index contributed by atoms with van der Waals surface area (Å²) in [6.45, 7) is 5.34. The molecule has 0 aliphatic carbocycles. The van der Waals surface area contributed by atoms with Gasteiger partial charge in [-0.3, -0.25) is 0 Å². The lowest BCUT2D eigenvalue weighted by molar-refractivity contribution is 0.577. The molecule has 0 saturated carbocycles. The zero-order valence-corrected chi connectivity index (χ0v) is 12.5. The van der Waals surface area contributed by atoms with Crippen molar-refractivity contribution in [2.24, 2.45) is 0 Å². The molecule has 2 rings (SSSR count). The average Bonchev–Trinajstić information content (AvgIpc) is 2.44. The van der Waals surface area contributed by atoms with E-state index in [1.54, 1.807) is 0 Å². The molecule has 0 amide bonds. The summed E-state index contributed by atoms with van der Waals surface area (Å²) in [6, 6.07) is 3.22. The van der Waals surface area contributed by atoms with Crippen LogP contribution in [0.15, 0.2) is 28.3 Å². The van der Waals surface area contributed by atoms with Gasteiger partial charge in [0.25, 0.3) is 0 Å². The summed E-state index contributed by atoms with van der Waals surface area (Å²) in [4.78, 5) is 14.2. The van der Waals surface area contributed by atoms with Gasteiger partial charge in [-0.1, -0.05) is 0 Å². The number of nitrogen functional groups attached to an aromatic ring is 1. The first-order valence-corrected chi connectivity index (χ1v) is 7.24. The summed E-state index contributed by atoms with van der Waals surface area (Å²) in [5.74, 6) is -0.590. The van der Waals surface area contributed by atoms with Gasteiger partial charge in [-0.05, 0) is 43.8 Å². The van der Waals surface area contributed by atoms with E-state index < -0.39 is 11.6 Å². The number of aromatic nitrogens is 3. The van der Waals surface area contributed by atoms with E-state index in [4.69, 9.17) is 5.73 Å². The van der Waals surface area contributed by atoms with Crippen LogP contribution in [0.25, 0.3) is 0 Å². The molecule has 0 aliphatic rings. The molecule has 8 heteroatoms. The Morgan fingerprint density at radius 2 is 1.86 bits per heavy atom. The van der Waals surface area contributed by atoms with Crippen LogP contribution in [-0.2, 0) is 0 Å². The molecule has 0 unspecified atom stereocenters. The highest BCUT2D eigenvalue weighted by atomic mass is 32.2. The fourth-order valence-electron chi connectivity index (χ4n) is 1.71. The molecule has 0 saturated heterocycles. The number of hydrogen-bond acceptors (Lipinski definition) is 6. The molecule has 1 heterocycles. The van der Waals surface area contributed by atoms with Gasteiger partial charge in [0, 0.05) is 13.1 Å². The summed E-state index contributed by atoms with van der Waals surface area (Å²) < 4.78 is 26.8. The molecule has 0 radical (unpaired) electrons. The van der Waals surface area contributed by atoms with Crippen LogP contribution in [0.2, 0.25) is 0 Å². The monoisotopic (exact) mass is 311 g/mol. The molecular formula is C13H15F2N5S. The number of nitrogens with zero attached hydrogens (tertiary/aromatic N) is 4. The lowest BCUT2D eigenvalue weighted by atomic mass is 10.3. The Morgan fingerprint density at radius 3 is 2.52 bits per heavy atom. The standard InChI is InChI=1S/C13H15F2N5S/c1-3-20(4-2)12-17-11(16)18-13(19-12)21-10-7-8(14)5-6-9(10)15/h5-7H,3-4H2,1-2H3,(H2,16,17,18,19). The van der Waals surface area contributed by atoms with Crippen molar-refractivity contribution in [1.29, 1.82) is 0 Å². The molecule has 0 atom stereocenters. The highest BCUT2D eigenvalue weighted by molar-refractivity contribution is 7.99. The SMILES string of the molecule is CCN(CC)c1nc(N)nc(Sc2cc(F)ccc2F)n1. The molecule has 21 heavy (non-hydrogen) atoms. The molecule has 1 aromatic heterocycles. The first-order chi connectivity index (χ1) is 10.0. The second-order valence-corrected chi connectivity index (χ2v) is 5.13. The zero-order valence-electron chi connectivity index (χ0n) is 11.7. The number of halogens is 2. The van der Waals surface area contributed by atoms with E-state index in [1.165, 1.54) is 0 Å². The number of rotatable bonds is 5. The first-order valence-electron chi connectivity index (χ1n) is 6.42. The minimum Gasteiger partial charge on any atom is -0.368 e. The van der Waals surface area contributed by atoms with Crippen molar-refractivity contribution in [2.45, 2.75) is 23.9 Å². The lowest BCUT2D eigenvalue weighted by Crippen LogP contribution is -2.25. The Morgan fingerprint density at radius 1 is 1.14 bits per heavy atom. The highest BCUT2D eigenvalue weighted by Crippen LogP contribution is 2.29. The van der Waals surface area contributed by atoms with Crippen molar-refractivity contribution in [3.8, 4) is 0 Å². The minimum atomic E-state index is -0.537. The van der Waals surface area contributed by atoms with Gasteiger partial charge in [0.15, 0.2) is 5.16 Å². The fraction of sp³-hybridized carbons (Fsp3) is 0.308. The predicted molar refractivity (Wildman–Crippen MR) is 78.3 cm³/mol. The Hall–Kier alpha value is -1.96. The molecule has 0 fully saturated rings. The van der Waals surface area contributed by atoms with Crippen molar-refractivity contribution in [1.82, 2.24) is 15.0 Å². The van der Waals surface area contributed by atoms with E-state index >= 15 is 0 Å². The molecule has 112 valence electrons. The summed E-state index contributed by atoms with van der Waals surface area (Å²) in [5, 5.41) is 0.230. The van der Waals surface area contributed by atoms with Gasteiger partial charge in [0.2, 0.25) is 11.9 Å². The lowest BCUT2D eigenvalue weighted by Gasteiger charge is -2.18. The van der Waals surface area contributed by atoms with Crippen molar-refractivity contribution >= 4 is 23.7 Å². The number of benzene rings is 1. The van der Waals surface area contributed by atoms with Crippen LogP contribution in [-0.4, -0.2) is 28.0 Å². The van der Waals surface area contributed by atoms with Crippen molar-refractivity contribution < 1.29 is 8.78 Å².